The highest BCUT2D eigenvalue weighted by Crippen LogP contribution is 2.31. The maximum absolute atomic E-state index is 12.3. The zero-order valence-corrected chi connectivity index (χ0v) is 14.1. The fourth-order valence-electron chi connectivity index (χ4n) is 2.04. The topological polar surface area (TPSA) is 125 Å². The molecule has 0 saturated heterocycles. The van der Waals surface area contributed by atoms with Gasteiger partial charge in [-0.05, 0) is 18.2 Å². The second kappa shape index (κ2) is 8.00. The average molecular weight is 374 g/mol. The molecule has 0 aromatic heterocycles. The van der Waals surface area contributed by atoms with Crippen LogP contribution >= 0.6 is 11.6 Å². The number of anilines is 1. The molecule has 2 aromatic rings. The van der Waals surface area contributed by atoms with Crippen molar-refractivity contribution in [3.63, 3.8) is 0 Å². The van der Waals surface area contributed by atoms with Crippen molar-refractivity contribution in [2.75, 3.05) is 12.4 Å². The van der Waals surface area contributed by atoms with E-state index >= 15 is 0 Å². The number of hydrogen-bond donors (Lipinski definition) is 2. The molecule has 0 aliphatic heterocycles. The Hall–Kier alpha value is -3.57. The minimum atomic E-state index is -0.836. The molecule has 8 nitrogen and oxygen atoms in total. The number of non-ortho nitro benzene ring substituents is 1. The molecule has 0 fully saturated rings. The molecular weight excluding hydrogens is 362 g/mol. The number of phenols is 1. The SMILES string of the molecule is COc1cccc(/C=C(\C#N)C(=O)Nc2cc([N+](=O)[O-])ccc2Cl)c1O. The number of phenolic OH excluding ortho intramolecular Hbond substituents is 1. The first-order valence-electron chi connectivity index (χ1n) is 7.10. The maximum atomic E-state index is 12.3. The molecule has 0 heterocycles. The molecule has 2 N–H and O–H groups in total. The lowest BCUT2D eigenvalue weighted by molar-refractivity contribution is -0.384. The van der Waals surface area contributed by atoms with E-state index in [-0.39, 0.29) is 39.0 Å². The third kappa shape index (κ3) is 4.09. The lowest BCUT2D eigenvalue weighted by atomic mass is 10.1. The number of methoxy groups -OCH3 is 1. The van der Waals surface area contributed by atoms with E-state index in [0.29, 0.717) is 0 Å². The summed E-state index contributed by atoms with van der Waals surface area (Å²) in [6.07, 6.45) is 1.17. The smallest absolute Gasteiger partial charge is 0.271 e. The Bertz CT molecular complexity index is 950. The third-order valence-electron chi connectivity index (χ3n) is 3.32. The van der Waals surface area contributed by atoms with Crippen LogP contribution < -0.4 is 10.1 Å². The van der Waals surface area contributed by atoms with Gasteiger partial charge in [-0.1, -0.05) is 23.7 Å². The first-order chi connectivity index (χ1) is 12.4. The summed E-state index contributed by atoms with van der Waals surface area (Å²) in [4.78, 5) is 22.5. The third-order valence-corrected chi connectivity index (χ3v) is 3.65. The predicted molar refractivity (Wildman–Crippen MR) is 95.0 cm³/mol. The number of halogens is 1. The lowest BCUT2D eigenvalue weighted by Gasteiger charge is -2.08. The Kier molecular flexibility index (Phi) is 5.78. The van der Waals surface area contributed by atoms with Crippen LogP contribution in [0, 0.1) is 21.4 Å². The van der Waals surface area contributed by atoms with Gasteiger partial charge >= 0.3 is 0 Å². The Morgan fingerprint density at radius 2 is 2.15 bits per heavy atom. The summed E-state index contributed by atoms with van der Waals surface area (Å²) in [7, 11) is 1.37. The Morgan fingerprint density at radius 1 is 1.42 bits per heavy atom. The number of rotatable bonds is 5. The molecule has 1 amide bonds. The van der Waals surface area contributed by atoms with E-state index in [4.69, 9.17) is 16.3 Å². The van der Waals surface area contributed by atoms with Crippen LogP contribution in [-0.4, -0.2) is 23.0 Å². The van der Waals surface area contributed by atoms with E-state index < -0.39 is 10.8 Å². The lowest BCUT2D eigenvalue weighted by Crippen LogP contribution is -2.14. The number of nitrogens with zero attached hydrogens (tertiary/aromatic N) is 2. The molecule has 132 valence electrons. The molecule has 0 saturated carbocycles. The number of carbonyl (C=O) groups is 1. The summed E-state index contributed by atoms with van der Waals surface area (Å²) in [6.45, 7) is 0. The molecule has 9 heteroatoms. The Balaban J connectivity index is 2.35. The molecular formula is C17H12ClN3O5. The van der Waals surface area contributed by atoms with Gasteiger partial charge in [-0.3, -0.25) is 14.9 Å². The Labute approximate surface area is 153 Å². The van der Waals surface area contributed by atoms with Gasteiger partial charge in [-0.15, -0.1) is 0 Å². The zero-order chi connectivity index (χ0) is 19.3. The number of para-hydroxylation sites is 1. The van der Waals surface area contributed by atoms with Gasteiger partial charge in [-0.25, -0.2) is 0 Å². The first-order valence-corrected chi connectivity index (χ1v) is 7.48. The van der Waals surface area contributed by atoms with Gasteiger partial charge in [0.05, 0.1) is 22.7 Å². The van der Waals surface area contributed by atoms with Gasteiger partial charge in [0.1, 0.15) is 11.6 Å². The van der Waals surface area contributed by atoms with Crippen LogP contribution in [0.1, 0.15) is 5.56 Å². The molecule has 0 spiro atoms. The molecule has 0 radical (unpaired) electrons. The highest BCUT2D eigenvalue weighted by atomic mass is 35.5. The van der Waals surface area contributed by atoms with E-state index in [1.807, 2.05) is 0 Å². The van der Waals surface area contributed by atoms with Crippen molar-refractivity contribution in [1.29, 1.82) is 5.26 Å². The minimum Gasteiger partial charge on any atom is -0.504 e. The quantitative estimate of drug-likeness (QED) is 0.357. The van der Waals surface area contributed by atoms with Crippen molar-refractivity contribution in [2.45, 2.75) is 0 Å². The fraction of sp³-hybridized carbons (Fsp3) is 0.0588. The van der Waals surface area contributed by atoms with Crippen molar-refractivity contribution in [2.24, 2.45) is 0 Å². The van der Waals surface area contributed by atoms with Crippen molar-refractivity contribution in [3.8, 4) is 17.6 Å². The van der Waals surface area contributed by atoms with Crippen LogP contribution in [0.2, 0.25) is 5.02 Å². The van der Waals surface area contributed by atoms with Crippen molar-refractivity contribution < 1.29 is 19.6 Å². The number of aromatic hydroxyl groups is 1. The number of amides is 1. The second-order valence-corrected chi connectivity index (χ2v) is 5.35. The summed E-state index contributed by atoms with van der Waals surface area (Å²) in [5, 5.41) is 32.5. The first kappa shape index (κ1) is 18.8. The van der Waals surface area contributed by atoms with Gasteiger partial charge < -0.3 is 15.2 Å². The molecule has 0 unspecified atom stereocenters. The number of nitriles is 1. The summed E-state index contributed by atoms with van der Waals surface area (Å²) >= 11 is 5.92. The second-order valence-electron chi connectivity index (χ2n) is 4.94. The standard InChI is InChI=1S/C17H12ClN3O5/c1-26-15-4-2-3-10(16(15)22)7-11(9-19)17(23)20-14-8-12(21(24)25)5-6-13(14)18/h2-8,22H,1H3,(H,20,23)/b11-7+. The van der Waals surface area contributed by atoms with E-state index in [1.165, 1.54) is 37.5 Å². The van der Waals surface area contributed by atoms with Gasteiger partial charge in [0.2, 0.25) is 0 Å². The highest BCUT2D eigenvalue weighted by molar-refractivity contribution is 6.34. The van der Waals surface area contributed by atoms with E-state index in [9.17, 15) is 25.3 Å². The average Bonchev–Trinajstić information content (AvgIpc) is 2.62. The number of hydrogen-bond acceptors (Lipinski definition) is 6. The van der Waals surface area contributed by atoms with Crippen molar-refractivity contribution >= 4 is 35.0 Å². The maximum Gasteiger partial charge on any atom is 0.271 e. The van der Waals surface area contributed by atoms with Gasteiger partial charge in [0.25, 0.3) is 11.6 Å². The largest absolute Gasteiger partial charge is 0.504 e. The van der Waals surface area contributed by atoms with Crippen molar-refractivity contribution in [3.05, 3.63) is 62.7 Å². The van der Waals surface area contributed by atoms with Crippen LogP contribution in [0.3, 0.4) is 0 Å². The van der Waals surface area contributed by atoms with Crippen molar-refractivity contribution in [1.82, 2.24) is 0 Å². The van der Waals surface area contributed by atoms with E-state index in [2.05, 4.69) is 5.32 Å². The minimum absolute atomic E-state index is 0.0121. The molecule has 0 aliphatic carbocycles. The number of nitrogens with one attached hydrogen (secondary N) is 1. The molecule has 2 aromatic carbocycles. The van der Waals surface area contributed by atoms with E-state index in [0.717, 1.165) is 6.07 Å². The number of carbonyl (C=O) groups excluding carboxylic acids is 1. The summed E-state index contributed by atoms with van der Waals surface area (Å²) < 4.78 is 4.96. The normalized spacial score (nSPS) is 10.7. The predicted octanol–water partition coefficient (Wildman–Crippen LogP) is 3.51. The molecule has 0 atom stereocenters. The fourth-order valence-corrected chi connectivity index (χ4v) is 2.20. The summed E-state index contributed by atoms with van der Waals surface area (Å²) in [5.74, 6) is -0.890. The van der Waals surface area contributed by atoms with Crippen LogP contribution in [0.5, 0.6) is 11.5 Å². The number of nitro benzene ring substituents is 1. The summed E-state index contributed by atoms with van der Waals surface area (Å²) in [5.41, 5.74) is -0.420. The van der Waals surface area contributed by atoms with Gasteiger partial charge in [-0.2, -0.15) is 5.26 Å². The monoisotopic (exact) mass is 373 g/mol. The number of benzene rings is 2. The van der Waals surface area contributed by atoms with Crippen LogP contribution in [0.4, 0.5) is 11.4 Å². The van der Waals surface area contributed by atoms with Crippen LogP contribution in [0.15, 0.2) is 42.0 Å². The summed E-state index contributed by atoms with van der Waals surface area (Å²) in [6, 6.07) is 9.83. The molecule has 26 heavy (non-hydrogen) atoms. The number of ether oxygens (including phenoxy) is 1. The number of nitro groups is 1. The molecule has 2 rings (SSSR count). The molecule has 0 aliphatic rings. The van der Waals surface area contributed by atoms with Crippen LogP contribution in [-0.2, 0) is 4.79 Å². The van der Waals surface area contributed by atoms with E-state index in [1.54, 1.807) is 12.1 Å². The van der Waals surface area contributed by atoms with Crippen LogP contribution in [0.25, 0.3) is 6.08 Å². The molecule has 0 bridgehead atoms. The van der Waals surface area contributed by atoms with Gasteiger partial charge in [0.15, 0.2) is 11.5 Å². The Morgan fingerprint density at radius 3 is 2.77 bits per heavy atom. The van der Waals surface area contributed by atoms with Gasteiger partial charge in [0, 0.05) is 17.7 Å². The zero-order valence-electron chi connectivity index (χ0n) is 13.4. The highest BCUT2D eigenvalue weighted by Gasteiger charge is 2.16.